The highest BCUT2D eigenvalue weighted by atomic mass is 35.5. The molecule has 0 fully saturated rings. The Morgan fingerprint density at radius 3 is 2.76 bits per heavy atom. The van der Waals surface area contributed by atoms with Crippen LogP contribution in [-0.4, -0.2) is 15.0 Å². The minimum atomic E-state index is -3.72. The molecule has 0 aliphatic carbocycles. The van der Waals surface area contributed by atoms with Gasteiger partial charge in [0.2, 0.25) is 0 Å². The highest BCUT2D eigenvalue weighted by Gasteiger charge is 2.18. The van der Waals surface area contributed by atoms with Crippen molar-refractivity contribution in [2.45, 2.75) is 11.3 Å². The summed E-state index contributed by atoms with van der Waals surface area (Å²) in [5.74, 6) is -0.594. The Morgan fingerprint density at radius 2 is 2.00 bits per heavy atom. The first-order chi connectivity index (χ1) is 9.95. The summed E-state index contributed by atoms with van der Waals surface area (Å²) in [7, 11) is -3.72. The van der Waals surface area contributed by atoms with E-state index in [2.05, 4.69) is 10.0 Å². The van der Waals surface area contributed by atoms with Crippen LogP contribution >= 0.6 is 11.6 Å². The lowest BCUT2D eigenvalue weighted by atomic mass is 10.2. The van der Waals surface area contributed by atoms with E-state index in [0.29, 0.717) is 0 Å². The molecule has 2 N–H and O–H groups in total. The van der Waals surface area contributed by atoms with Crippen LogP contribution in [0.3, 0.4) is 0 Å². The third-order valence-corrected chi connectivity index (χ3v) is 4.94. The van der Waals surface area contributed by atoms with Crippen molar-refractivity contribution in [1.82, 2.24) is 0 Å². The summed E-state index contributed by atoms with van der Waals surface area (Å²) in [6.45, 7) is 0.805. The summed E-state index contributed by atoms with van der Waals surface area (Å²) in [5.41, 5.74) is 2.15. The Labute approximate surface area is 127 Å². The van der Waals surface area contributed by atoms with Crippen molar-refractivity contribution < 1.29 is 12.8 Å². The number of hydrogen-bond donors (Lipinski definition) is 2. The highest BCUT2D eigenvalue weighted by molar-refractivity contribution is 7.92. The van der Waals surface area contributed by atoms with Gasteiger partial charge in [0.1, 0.15) is 5.82 Å². The molecule has 3 rings (SSSR count). The van der Waals surface area contributed by atoms with Crippen LogP contribution in [0.2, 0.25) is 5.02 Å². The normalized spacial score (nSPS) is 13.6. The van der Waals surface area contributed by atoms with E-state index in [1.165, 1.54) is 18.2 Å². The molecule has 0 atom stereocenters. The van der Waals surface area contributed by atoms with E-state index in [0.717, 1.165) is 30.3 Å². The zero-order valence-corrected chi connectivity index (χ0v) is 12.4. The molecule has 2 aromatic carbocycles. The fourth-order valence-corrected chi connectivity index (χ4v) is 3.50. The molecule has 7 heteroatoms. The third-order valence-electron chi connectivity index (χ3n) is 3.27. The Morgan fingerprint density at radius 1 is 1.19 bits per heavy atom. The lowest BCUT2D eigenvalue weighted by Gasteiger charge is -2.10. The molecule has 1 aliphatic rings. The molecule has 21 heavy (non-hydrogen) atoms. The molecule has 0 saturated heterocycles. The van der Waals surface area contributed by atoms with Crippen molar-refractivity contribution in [1.29, 1.82) is 0 Å². The maximum Gasteiger partial charge on any atom is 0.261 e. The first kappa shape index (κ1) is 14.2. The van der Waals surface area contributed by atoms with Gasteiger partial charge in [0.15, 0.2) is 0 Å². The fraction of sp³-hybridized carbons (Fsp3) is 0.143. The number of anilines is 2. The van der Waals surface area contributed by atoms with Gasteiger partial charge >= 0.3 is 0 Å². The summed E-state index contributed by atoms with van der Waals surface area (Å²) in [4.78, 5) is 0.172. The monoisotopic (exact) mass is 326 g/mol. The molecule has 1 aliphatic heterocycles. The first-order valence-electron chi connectivity index (χ1n) is 6.30. The SMILES string of the molecule is O=S(=O)(Nc1ccc(F)c(Cl)c1)c1ccc2c(c1)CCN2. The van der Waals surface area contributed by atoms with Crippen molar-refractivity contribution in [3.05, 3.63) is 52.8 Å². The third kappa shape index (κ3) is 2.82. The topological polar surface area (TPSA) is 58.2 Å². The molecule has 0 saturated carbocycles. The van der Waals surface area contributed by atoms with Gasteiger partial charge in [-0.25, -0.2) is 12.8 Å². The molecular formula is C14H12ClFN2O2S. The van der Waals surface area contributed by atoms with Gasteiger partial charge in [-0.05, 0) is 48.4 Å². The number of hydrogen-bond acceptors (Lipinski definition) is 3. The molecule has 4 nitrogen and oxygen atoms in total. The molecule has 110 valence electrons. The average molecular weight is 327 g/mol. The molecule has 0 unspecified atom stereocenters. The number of rotatable bonds is 3. The second-order valence-corrected chi connectivity index (χ2v) is 6.82. The van der Waals surface area contributed by atoms with Gasteiger partial charge in [0.25, 0.3) is 10.0 Å². The van der Waals surface area contributed by atoms with Gasteiger partial charge in [-0.3, -0.25) is 4.72 Å². The van der Waals surface area contributed by atoms with Crippen LogP contribution in [0, 0.1) is 5.82 Å². The van der Waals surface area contributed by atoms with Gasteiger partial charge in [0.05, 0.1) is 15.6 Å². The van der Waals surface area contributed by atoms with E-state index in [9.17, 15) is 12.8 Å². The van der Waals surface area contributed by atoms with E-state index in [-0.39, 0.29) is 15.6 Å². The fourth-order valence-electron chi connectivity index (χ4n) is 2.22. The van der Waals surface area contributed by atoms with Crippen LogP contribution in [0.5, 0.6) is 0 Å². The minimum absolute atomic E-state index is 0.131. The zero-order chi connectivity index (χ0) is 15.0. The Hall–Kier alpha value is -1.79. The Kier molecular flexibility index (Phi) is 3.51. The van der Waals surface area contributed by atoms with Crippen molar-refractivity contribution in [3.63, 3.8) is 0 Å². The van der Waals surface area contributed by atoms with Crippen molar-refractivity contribution in [2.75, 3.05) is 16.6 Å². The largest absolute Gasteiger partial charge is 0.384 e. The Bertz CT molecular complexity index is 809. The van der Waals surface area contributed by atoms with Crippen molar-refractivity contribution >= 4 is 33.0 Å². The second-order valence-electron chi connectivity index (χ2n) is 4.73. The average Bonchev–Trinajstić information content (AvgIpc) is 2.90. The quantitative estimate of drug-likeness (QED) is 0.910. The lowest BCUT2D eigenvalue weighted by molar-refractivity contribution is 0.601. The van der Waals surface area contributed by atoms with Crippen LogP contribution in [0.15, 0.2) is 41.3 Å². The number of halogens is 2. The molecular weight excluding hydrogens is 315 g/mol. The van der Waals surface area contributed by atoms with Gasteiger partial charge in [-0.15, -0.1) is 0 Å². The maximum atomic E-state index is 13.1. The van der Waals surface area contributed by atoms with Crippen LogP contribution < -0.4 is 10.0 Å². The van der Waals surface area contributed by atoms with Crippen LogP contribution in [0.1, 0.15) is 5.56 Å². The number of sulfonamides is 1. The summed E-state index contributed by atoms with van der Waals surface area (Å²) < 4.78 is 40.1. The molecule has 0 amide bonds. The first-order valence-corrected chi connectivity index (χ1v) is 8.16. The highest BCUT2D eigenvalue weighted by Crippen LogP contribution is 2.27. The van der Waals surface area contributed by atoms with Crippen molar-refractivity contribution in [3.8, 4) is 0 Å². The van der Waals surface area contributed by atoms with Crippen LogP contribution in [0.4, 0.5) is 15.8 Å². The minimum Gasteiger partial charge on any atom is -0.384 e. The summed E-state index contributed by atoms with van der Waals surface area (Å²) >= 11 is 5.65. The van der Waals surface area contributed by atoms with E-state index in [1.807, 2.05) is 0 Å². The summed E-state index contributed by atoms with van der Waals surface area (Å²) in [6.07, 6.45) is 0.793. The molecule has 2 aromatic rings. The molecule has 0 radical (unpaired) electrons. The zero-order valence-electron chi connectivity index (χ0n) is 10.9. The number of fused-ring (bicyclic) bond motifs is 1. The standard InChI is InChI=1S/C14H12ClFN2O2S/c15-12-8-10(1-3-13(12)16)18-21(19,20)11-2-4-14-9(7-11)5-6-17-14/h1-4,7-8,17-18H,5-6H2. The van der Waals surface area contributed by atoms with Crippen LogP contribution in [-0.2, 0) is 16.4 Å². The lowest BCUT2D eigenvalue weighted by Crippen LogP contribution is -2.13. The predicted molar refractivity (Wildman–Crippen MR) is 80.9 cm³/mol. The van der Waals surface area contributed by atoms with Gasteiger partial charge < -0.3 is 5.32 Å². The van der Waals surface area contributed by atoms with E-state index in [1.54, 1.807) is 12.1 Å². The van der Waals surface area contributed by atoms with E-state index in [4.69, 9.17) is 11.6 Å². The predicted octanol–water partition coefficient (Wildman–Crippen LogP) is 3.25. The van der Waals surface area contributed by atoms with Crippen LogP contribution in [0.25, 0.3) is 0 Å². The molecule has 0 spiro atoms. The molecule has 0 bridgehead atoms. The molecule has 0 aromatic heterocycles. The Balaban J connectivity index is 1.91. The smallest absolute Gasteiger partial charge is 0.261 e. The maximum absolute atomic E-state index is 13.1. The van der Waals surface area contributed by atoms with Gasteiger partial charge in [-0.1, -0.05) is 11.6 Å². The number of benzene rings is 2. The van der Waals surface area contributed by atoms with E-state index < -0.39 is 15.8 Å². The number of nitrogens with one attached hydrogen (secondary N) is 2. The summed E-state index contributed by atoms with van der Waals surface area (Å²) in [6, 6.07) is 8.60. The van der Waals surface area contributed by atoms with Gasteiger partial charge in [-0.2, -0.15) is 0 Å². The van der Waals surface area contributed by atoms with E-state index >= 15 is 0 Å². The van der Waals surface area contributed by atoms with Gasteiger partial charge in [0, 0.05) is 12.2 Å². The van der Waals surface area contributed by atoms with Crippen molar-refractivity contribution in [2.24, 2.45) is 0 Å². The molecule has 1 heterocycles. The summed E-state index contributed by atoms with van der Waals surface area (Å²) in [5, 5.41) is 3.04. The second kappa shape index (κ2) is 5.20.